The number of nitrogens with one attached hydrogen (secondary N) is 2. The van der Waals surface area contributed by atoms with Crippen LogP contribution in [0.2, 0.25) is 10.0 Å². The lowest BCUT2D eigenvalue weighted by Gasteiger charge is -2.25. The molecule has 1 atom stereocenters. The highest BCUT2D eigenvalue weighted by Crippen LogP contribution is 2.39. The zero-order valence-electron chi connectivity index (χ0n) is 18.6. The fourth-order valence-corrected chi connectivity index (χ4v) is 4.28. The molecule has 1 aromatic carbocycles. The maximum atomic E-state index is 13.7. The van der Waals surface area contributed by atoms with E-state index in [1.807, 2.05) is 0 Å². The molecule has 0 saturated carbocycles. The number of pyridine rings is 2. The van der Waals surface area contributed by atoms with Crippen molar-refractivity contribution < 1.29 is 9.53 Å². The molecule has 1 fully saturated rings. The number of aromatic nitrogens is 2. The molecular formula is C24H21Cl2N5O3. The second-order valence-electron chi connectivity index (χ2n) is 7.69. The van der Waals surface area contributed by atoms with Gasteiger partial charge in [-0.1, -0.05) is 35.3 Å². The van der Waals surface area contributed by atoms with Crippen molar-refractivity contribution in [3.05, 3.63) is 92.1 Å². The smallest absolute Gasteiger partial charge is 0.269 e. The summed E-state index contributed by atoms with van der Waals surface area (Å²) in [4.78, 5) is 31.5. The van der Waals surface area contributed by atoms with E-state index in [0.29, 0.717) is 33.5 Å². The van der Waals surface area contributed by atoms with Crippen LogP contribution in [0.25, 0.3) is 0 Å². The van der Waals surface area contributed by atoms with E-state index in [9.17, 15) is 9.59 Å². The third-order valence-corrected chi connectivity index (χ3v) is 6.01. The highest BCUT2D eigenvalue weighted by atomic mass is 35.5. The van der Waals surface area contributed by atoms with Gasteiger partial charge in [0.05, 0.1) is 24.1 Å². The monoisotopic (exact) mass is 497 g/mol. The number of halogens is 2. The van der Waals surface area contributed by atoms with Crippen molar-refractivity contribution in [1.29, 1.82) is 5.41 Å². The van der Waals surface area contributed by atoms with Gasteiger partial charge in [-0.2, -0.15) is 0 Å². The average Bonchev–Trinajstić information content (AvgIpc) is 3.08. The molecule has 1 aliphatic heterocycles. The van der Waals surface area contributed by atoms with Crippen molar-refractivity contribution in [1.82, 2.24) is 9.55 Å². The van der Waals surface area contributed by atoms with Crippen LogP contribution in [-0.4, -0.2) is 28.3 Å². The number of hydrogen-bond acceptors (Lipinski definition) is 6. The van der Waals surface area contributed by atoms with Crippen molar-refractivity contribution >= 4 is 46.2 Å². The Bertz CT molecular complexity index is 1360. The molecule has 0 radical (unpaired) electrons. The highest BCUT2D eigenvalue weighted by Gasteiger charge is 2.43. The summed E-state index contributed by atoms with van der Waals surface area (Å²) >= 11 is 12.2. The average molecular weight is 498 g/mol. The number of nitrogens with zero attached hydrogens (tertiary/aromatic N) is 3. The molecule has 0 bridgehead atoms. The van der Waals surface area contributed by atoms with Gasteiger partial charge in [-0.3, -0.25) is 14.5 Å². The second kappa shape index (κ2) is 9.32. The van der Waals surface area contributed by atoms with E-state index in [-0.39, 0.29) is 21.9 Å². The lowest BCUT2D eigenvalue weighted by molar-refractivity contribution is -0.114. The molecule has 3 aromatic rings. The van der Waals surface area contributed by atoms with Gasteiger partial charge in [-0.25, -0.2) is 4.98 Å². The first-order valence-electron chi connectivity index (χ1n) is 10.2. The van der Waals surface area contributed by atoms with Crippen molar-refractivity contribution in [3.8, 4) is 5.88 Å². The third kappa shape index (κ3) is 4.18. The SMILES string of the molecule is COc1ncccc1N/C(C)=C1\C(=N)C(c2ccc(Cl)cc2)N(c2cc(Cl)c(=O)n(C)c2)C1=O. The quantitative estimate of drug-likeness (QED) is 0.502. The number of hydrogen-bond donors (Lipinski definition) is 2. The molecule has 0 aliphatic carbocycles. The van der Waals surface area contributed by atoms with Crippen molar-refractivity contribution in [3.63, 3.8) is 0 Å². The number of carbonyl (C=O) groups is 1. The van der Waals surface area contributed by atoms with Gasteiger partial charge in [-0.15, -0.1) is 0 Å². The van der Waals surface area contributed by atoms with Crippen LogP contribution in [0.5, 0.6) is 5.88 Å². The van der Waals surface area contributed by atoms with Gasteiger partial charge in [0.2, 0.25) is 5.88 Å². The number of carbonyl (C=O) groups excluding carboxylic acids is 1. The zero-order valence-corrected chi connectivity index (χ0v) is 20.1. The second-order valence-corrected chi connectivity index (χ2v) is 8.53. The third-order valence-electron chi connectivity index (χ3n) is 5.48. The molecule has 8 nitrogen and oxygen atoms in total. The molecule has 1 amide bonds. The summed E-state index contributed by atoms with van der Waals surface area (Å²) in [7, 11) is 3.06. The fourth-order valence-electron chi connectivity index (χ4n) is 3.91. The van der Waals surface area contributed by atoms with E-state index in [2.05, 4.69) is 10.3 Å². The maximum Gasteiger partial charge on any atom is 0.269 e. The Balaban J connectivity index is 1.86. The minimum absolute atomic E-state index is 0.0263. The summed E-state index contributed by atoms with van der Waals surface area (Å²) < 4.78 is 6.59. The summed E-state index contributed by atoms with van der Waals surface area (Å²) in [6.07, 6.45) is 3.12. The molecule has 10 heteroatoms. The topological polar surface area (TPSA) is 100 Å². The summed E-state index contributed by atoms with van der Waals surface area (Å²) in [6.45, 7) is 1.71. The molecule has 1 aliphatic rings. The van der Waals surface area contributed by atoms with Crippen LogP contribution < -0.4 is 20.5 Å². The molecular weight excluding hydrogens is 477 g/mol. The molecule has 0 spiro atoms. The Morgan fingerprint density at radius 3 is 2.53 bits per heavy atom. The Labute approximate surface area is 205 Å². The minimum atomic E-state index is -0.749. The number of allylic oxidation sites excluding steroid dienone is 1. The lowest BCUT2D eigenvalue weighted by atomic mass is 9.99. The Kier molecular flexibility index (Phi) is 6.45. The van der Waals surface area contributed by atoms with E-state index in [0.717, 1.165) is 0 Å². The number of amides is 1. The number of ether oxygens (including phenoxy) is 1. The number of benzene rings is 1. The van der Waals surface area contributed by atoms with Gasteiger partial charge in [0.15, 0.2) is 0 Å². The zero-order chi connectivity index (χ0) is 24.6. The van der Waals surface area contributed by atoms with E-state index < -0.39 is 11.9 Å². The Hall–Kier alpha value is -3.62. The number of methoxy groups -OCH3 is 1. The van der Waals surface area contributed by atoms with Gasteiger partial charge in [0, 0.05) is 30.2 Å². The van der Waals surface area contributed by atoms with E-state index >= 15 is 0 Å². The van der Waals surface area contributed by atoms with Gasteiger partial charge < -0.3 is 20.0 Å². The molecule has 3 heterocycles. The van der Waals surface area contributed by atoms with E-state index in [4.69, 9.17) is 33.3 Å². The van der Waals surface area contributed by atoms with Gasteiger partial charge >= 0.3 is 0 Å². The summed E-state index contributed by atoms with van der Waals surface area (Å²) in [6, 6.07) is 11.1. The van der Waals surface area contributed by atoms with Crippen molar-refractivity contribution in [2.75, 3.05) is 17.3 Å². The standard InChI is InChI=1S/C24H21Cl2N5O3/c1-13(29-18-5-4-10-28-22(18)34-3)19-20(27)21(14-6-8-15(25)9-7-14)31(24(19)33)16-11-17(26)23(32)30(2)12-16/h4-12,21,27,29H,1-3H3/b19-13+,27-20?. The Morgan fingerprint density at radius 2 is 1.88 bits per heavy atom. The van der Waals surface area contributed by atoms with Crippen LogP contribution in [0.3, 0.4) is 0 Å². The van der Waals surface area contributed by atoms with Gasteiger partial charge in [0.1, 0.15) is 16.8 Å². The molecule has 2 N–H and O–H groups in total. The summed E-state index contributed by atoms with van der Waals surface area (Å²) in [5, 5.41) is 12.6. The van der Waals surface area contributed by atoms with Crippen molar-refractivity contribution in [2.24, 2.45) is 7.05 Å². The predicted octanol–water partition coefficient (Wildman–Crippen LogP) is 4.59. The van der Waals surface area contributed by atoms with Crippen LogP contribution >= 0.6 is 23.2 Å². The first-order valence-corrected chi connectivity index (χ1v) is 11.0. The predicted molar refractivity (Wildman–Crippen MR) is 133 cm³/mol. The maximum absolute atomic E-state index is 13.7. The molecule has 174 valence electrons. The van der Waals surface area contributed by atoms with Crippen molar-refractivity contribution in [2.45, 2.75) is 13.0 Å². The number of rotatable bonds is 5. The van der Waals surface area contributed by atoms with E-state index in [1.54, 1.807) is 56.6 Å². The van der Waals surface area contributed by atoms with E-state index in [1.165, 1.54) is 28.8 Å². The molecule has 1 unspecified atom stereocenters. The highest BCUT2D eigenvalue weighted by molar-refractivity contribution is 6.35. The molecule has 4 rings (SSSR count). The summed E-state index contributed by atoms with van der Waals surface area (Å²) in [5.41, 5.74) is 1.99. The minimum Gasteiger partial charge on any atom is -0.480 e. The molecule has 1 saturated heterocycles. The van der Waals surface area contributed by atoms with Gasteiger partial charge in [0.25, 0.3) is 11.5 Å². The number of aryl methyl sites for hydroxylation is 1. The normalized spacial score (nSPS) is 17.2. The first kappa shape index (κ1) is 23.5. The molecule has 2 aromatic heterocycles. The number of anilines is 2. The van der Waals surface area contributed by atoms with Crippen LogP contribution in [0, 0.1) is 5.41 Å². The van der Waals surface area contributed by atoms with Crippen LogP contribution in [0.4, 0.5) is 11.4 Å². The lowest BCUT2D eigenvalue weighted by Crippen LogP contribution is -2.30. The van der Waals surface area contributed by atoms with Crippen LogP contribution in [0.15, 0.2) is 70.9 Å². The molecule has 34 heavy (non-hydrogen) atoms. The summed E-state index contributed by atoms with van der Waals surface area (Å²) in [5.74, 6) is -0.0529. The fraction of sp³-hybridized carbons (Fsp3) is 0.167. The van der Waals surface area contributed by atoms with Crippen LogP contribution in [-0.2, 0) is 11.8 Å². The Morgan fingerprint density at radius 1 is 1.18 bits per heavy atom. The largest absolute Gasteiger partial charge is 0.480 e. The first-order chi connectivity index (χ1) is 16.2. The van der Waals surface area contributed by atoms with Gasteiger partial charge in [-0.05, 0) is 42.8 Å². The van der Waals surface area contributed by atoms with Crippen LogP contribution in [0.1, 0.15) is 18.5 Å².